The highest BCUT2D eigenvalue weighted by Gasteiger charge is 2.25. The number of rotatable bonds is 9. The molecule has 1 saturated heterocycles. The summed E-state index contributed by atoms with van der Waals surface area (Å²) in [6.45, 7) is 7.49. The van der Waals surface area contributed by atoms with Crippen LogP contribution < -0.4 is 16.0 Å². The molecule has 0 aliphatic carbocycles. The van der Waals surface area contributed by atoms with Gasteiger partial charge in [0, 0.05) is 53.8 Å². The van der Waals surface area contributed by atoms with Gasteiger partial charge in [-0.25, -0.2) is 14.4 Å². The van der Waals surface area contributed by atoms with Gasteiger partial charge in [-0.05, 0) is 60.5 Å². The van der Waals surface area contributed by atoms with Crippen molar-refractivity contribution in [1.82, 2.24) is 14.9 Å². The molecule has 2 heterocycles. The summed E-state index contributed by atoms with van der Waals surface area (Å²) in [7, 11) is 0. The second kappa shape index (κ2) is 10.8. The van der Waals surface area contributed by atoms with Crippen LogP contribution in [0.15, 0.2) is 79.5 Å². The molecule has 37 heavy (non-hydrogen) atoms. The van der Waals surface area contributed by atoms with Gasteiger partial charge in [-0.1, -0.05) is 30.8 Å². The number of alkyl halides is 1. The Morgan fingerprint density at radius 3 is 2.65 bits per heavy atom. The van der Waals surface area contributed by atoms with E-state index in [1.54, 1.807) is 0 Å². The molecule has 0 bridgehead atoms. The molecule has 3 aromatic carbocycles. The normalized spacial score (nSPS) is 13.7. The molecular formula is C29H29FN6O. The van der Waals surface area contributed by atoms with E-state index in [0.29, 0.717) is 24.2 Å². The summed E-state index contributed by atoms with van der Waals surface area (Å²) in [5.41, 5.74) is 6.42. The highest BCUT2D eigenvalue weighted by molar-refractivity contribution is 6.00. The number of aryl methyl sites for hydroxylation is 1. The Labute approximate surface area is 215 Å². The van der Waals surface area contributed by atoms with Crippen LogP contribution in [0.2, 0.25) is 0 Å². The van der Waals surface area contributed by atoms with E-state index in [1.165, 1.54) is 6.08 Å². The summed E-state index contributed by atoms with van der Waals surface area (Å²) in [5.74, 6) is 0.241. The molecule has 0 radical (unpaired) electrons. The minimum absolute atomic E-state index is 0.256. The molecule has 7 nitrogen and oxygen atoms in total. The monoisotopic (exact) mass is 496 g/mol. The Bertz CT molecular complexity index is 1430. The van der Waals surface area contributed by atoms with E-state index < -0.39 is 0 Å². The number of carbonyl (C=O) groups is 1. The maximum Gasteiger partial charge on any atom is 0.247 e. The molecule has 1 aromatic heterocycles. The number of benzene rings is 3. The molecule has 1 amide bonds. The van der Waals surface area contributed by atoms with Crippen molar-refractivity contribution in [1.29, 1.82) is 0 Å². The van der Waals surface area contributed by atoms with Crippen LogP contribution in [0.1, 0.15) is 5.56 Å². The van der Waals surface area contributed by atoms with Crippen LogP contribution in [-0.2, 0) is 4.79 Å². The van der Waals surface area contributed by atoms with Crippen LogP contribution in [0.3, 0.4) is 0 Å². The number of hydrogen-bond acceptors (Lipinski definition) is 6. The summed E-state index contributed by atoms with van der Waals surface area (Å²) < 4.78 is 12.4. The molecule has 0 spiro atoms. The lowest BCUT2D eigenvalue weighted by atomic mass is 9.97. The number of amides is 1. The van der Waals surface area contributed by atoms with Crippen molar-refractivity contribution in [2.45, 2.75) is 13.0 Å². The van der Waals surface area contributed by atoms with Gasteiger partial charge in [0.2, 0.25) is 11.9 Å². The third-order valence-corrected chi connectivity index (χ3v) is 6.44. The lowest BCUT2D eigenvalue weighted by molar-refractivity contribution is -0.111. The van der Waals surface area contributed by atoms with E-state index in [1.807, 2.05) is 73.8 Å². The van der Waals surface area contributed by atoms with Gasteiger partial charge in [0.05, 0.1) is 11.6 Å². The minimum Gasteiger partial charge on any atom is -0.380 e. The van der Waals surface area contributed by atoms with E-state index in [4.69, 9.17) is 4.98 Å². The van der Waals surface area contributed by atoms with Gasteiger partial charge in [0.15, 0.2) is 0 Å². The molecule has 0 unspecified atom stereocenters. The standard InChI is InChI=1S/C29H29FN6O/c1-3-26(37)33-24-6-4-5-20(15-24)27-19(2)7-8-21-16-31-29(35-28(21)27)34-23-11-9-22(10-12-23)32-25-17-36(18-25)14-13-30/h3-12,15-16,25,32H,1,13-14,17-18H2,2H3,(H,33,37)(H,31,34,35). The zero-order chi connectivity index (χ0) is 25.8. The quantitative estimate of drug-likeness (QED) is 0.264. The number of carbonyl (C=O) groups excluding carboxylic acids is 1. The Kier molecular flexibility index (Phi) is 7.09. The van der Waals surface area contributed by atoms with Crippen molar-refractivity contribution in [3.63, 3.8) is 0 Å². The highest BCUT2D eigenvalue weighted by Crippen LogP contribution is 2.33. The first-order chi connectivity index (χ1) is 18.0. The largest absolute Gasteiger partial charge is 0.380 e. The Hall–Kier alpha value is -4.30. The second-order valence-electron chi connectivity index (χ2n) is 9.16. The first-order valence-corrected chi connectivity index (χ1v) is 12.2. The zero-order valence-electron chi connectivity index (χ0n) is 20.7. The Balaban J connectivity index is 1.36. The maximum atomic E-state index is 12.4. The van der Waals surface area contributed by atoms with Crippen molar-refractivity contribution in [3.05, 3.63) is 85.1 Å². The topological polar surface area (TPSA) is 82.2 Å². The summed E-state index contributed by atoms with van der Waals surface area (Å²) in [5, 5.41) is 10.5. The molecule has 188 valence electrons. The second-order valence-corrected chi connectivity index (χ2v) is 9.16. The summed E-state index contributed by atoms with van der Waals surface area (Å²) >= 11 is 0. The molecule has 3 N–H and O–H groups in total. The number of anilines is 4. The molecule has 0 atom stereocenters. The van der Waals surface area contributed by atoms with Gasteiger partial charge in [-0.2, -0.15) is 0 Å². The number of hydrogen-bond donors (Lipinski definition) is 3. The van der Waals surface area contributed by atoms with Gasteiger partial charge in [-0.3, -0.25) is 9.69 Å². The molecule has 1 fully saturated rings. The van der Waals surface area contributed by atoms with Gasteiger partial charge < -0.3 is 16.0 Å². The smallest absolute Gasteiger partial charge is 0.247 e. The van der Waals surface area contributed by atoms with E-state index in [0.717, 1.165) is 52.1 Å². The number of nitrogens with zero attached hydrogens (tertiary/aromatic N) is 3. The van der Waals surface area contributed by atoms with Gasteiger partial charge in [-0.15, -0.1) is 0 Å². The number of halogens is 1. The van der Waals surface area contributed by atoms with E-state index in [-0.39, 0.29) is 12.6 Å². The maximum absolute atomic E-state index is 12.4. The van der Waals surface area contributed by atoms with E-state index >= 15 is 0 Å². The number of nitrogens with one attached hydrogen (secondary N) is 3. The lowest BCUT2D eigenvalue weighted by Crippen LogP contribution is -2.55. The van der Waals surface area contributed by atoms with Crippen molar-refractivity contribution < 1.29 is 9.18 Å². The fraction of sp³-hybridized carbons (Fsp3) is 0.207. The molecule has 0 saturated carbocycles. The molecular weight excluding hydrogens is 467 g/mol. The number of fused-ring (bicyclic) bond motifs is 1. The number of likely N-dealkylation sites (tertiary alicyclic amines) is 1. The Morgan fingerprint density at radius 1 is 1.11 bits per heavy atom. The molecule has 1 aliphatic heterocycles. The summed E-state index contributed by atoms with van der Waals surface area (Å²) in [6, 6.07) is 20.1. The lowest BCUT2D eigenvalue weighted by Gasteiger charge is -2.39. The summed E-state index contributed by atoms with van der Waals surface area (Å²) in [4.78, 5) is 23.2. The minimum atomic E-state index is -0.300. The average Bonchev–Trinajstić information content (AvgIpc) is 2.88. The van der Waals surface area contributed by atoms with Crippen molar-refractivity contribution in [2.24, 2.45) is 0 Å². The Morgan fingerprint density at radius 2 is 1.89 bits per heavy atom. The van der Waals surface area contributed by atoms with Crippen LogP contribution in [0, 0.1) is 6.92 Å². The van der Waals surface area contributed by atoms with Crippen LogP contribution in [-0.4, -0.2) is 53.1 Å². The summed E-state index contributed by atoms with van der Waals surface area (Å²) in [6.07, 6.45) is 3.06. The van der Waals surface area contributed by atoms with Crippen LogP contribution in [0.4, 0.5) is 27.4 Å². The van der Waals surface area contributed by atoms with Crippen LogP contribution >= 0.6 is 0 Å². The van der Waals surface area contributed by atoms with Crippen molar-refractivity contribution in [3.8, 4) is 11.1 Å². The van der Waals surface area contributed by atoms with Crippen molar-refractivity contribution >= 4 is 39.8 Å². The molecule has 5 rings (SSSR count). The predicted molar refractivity (Wildman–Crippen MR) is 148 cm³/mol. The van der Waals surface area contributed by atoms with Crippen molar-refractivity contribution in [2.75, 3.05) is 42.3 Å². The third kappa shape index (κ3) is 5.59. The van der Waals surface area contributed by atoms with Gasteiger partial charge in [0.1, 0.15) is 6.67 Å². The average molecular weight is 497 g/mol. The van der Waals surface area contributed by atoms with Gasteiger partial charge >= 0.3 is 0 Å². The van der Waals surface area contributed by atoms with Gasteiger partial charge in [0.25, 0.3) is 0 Å². The first-order valence-electron chi connectivity index (χ1n) is 12.2. The first kappa shape index (κ1) is 24.4. The van der Waals surface area contributed by atoms with Crippen LogP contribution in [0.5, 0.6) is 0 Å². The van der Waals surface area contributed by atoms with E-state index in [9.17, 15) is 9.18 Å². The number of aromatic nitrogens is 2. The fourth-order valence-corrected chi connectivity index (χ4v) is 4.55. The SMILES string of the molecule is C=CC(=O)Nc1cccc(-c2c(C)ccc3cnc(Nc4ccc(NC5CN(CCF)C5)cc4)nc23)c1. The molecule has 8 heteroatoms. The zero-order valence-corrected chi connectivity index (χ0v) is 20.7. The highest BCUT2D eigenvalue weighted by atomic mass is 19.1. The van der Waals surface area contributed by atoms with E-state index in [2.05, 4.69) is 32.4 Å². The predicted octanol–water partition coefficient (Wildman–Crippen LogP) is 5.54. The third-order valence-electron chi connectivity index (χ3n) is 6.44. The molecule has 4 aromatic rings. The molecule has 1 aliphatic rings. The fourth-order valence-electron chi connectivity index (χ4n) is 4.55. The van der Waals surface area contributed by atoms with Crippen LogP contribution in [0.25, 0.3) is 22.0 Å².